The van der Waals surface area contributed by atoms with Gasteiger partial charge in [-0.25, -0.2) is 0 Å². The highest BCUT2D eigenvalue weighted by molar-refractivity contribution is 5.85. The first-order chi connectivity index (χ1) is 11.0. The van der Waals surface area contributed by atoms with Crippen molar-refractivity contribution in [3.8, 4) is 5.75 Å². The molecule has 1 aliphatic rings. The van der Waals surface area contributed by atoms with E-state index in [1.165, 1.54) is 12.1 Å². The first kappa shape index (κ1) is 18.4. The molecule has 3 rings (SSSR count). The zero-order chi connectivity index (χ0) is 16.3. The average Bonchev–Trinajstić information content (AvgIpc) is 3.16. The zero-order valence-electron chi connectivity index (χ0n) is 12.8. The molecule has 8 heteroatoms. The second kappa shape index (κ2) is 7.72. The Hall–Kier alpha value is -1.99. The highest BCUT2D eigenvalue weighted by Gasteiger charge is 2.35. The van der Waals surface area contributed by atoms with E-state index in [9.17, 15) is 8.78 Å². The molecule has 1 aromatic heterocycles. The molecule has 0 atom stereocenters. The molecule has 0 aliphatic heterocycles. The number of hydrogen-bond acceptors (Lipinski definition) is 5. The first-order valence-electron chi connectivity index (χ1n) is 7.41. The maximum Gasteiger partial charge on any atom is 0.387 e. The van der Waals surface area contributed by atoms with Gasteiger partial charge in [-0.3, -0.25) is 0 Å². The van der Waals surface area contributed by atoms with Crippen molar-refractivity contribution in [2.75, 3.05) is 0 Å². The molecule has 130 valence electrons. The van der Waals surface area contributed by atoms with E-state index < -0.39 is 12.2 Å². The van der Waals surface area contributed by atoms with Gasteiger partial charge in [-0.05, 0) is 36.6 Å². The second-order valence-corrected chi connectivity index (χ2v) is 5.60. The van der Waals surface area contributed by atoms with Crippen LogP contribution in [0.2, 0.25) is 0 Å². The first-order valence-corrected chi connectivity index (χ1v) is 7.41. The molecule has 1 aliphatic carbocycles. The Kier molecular flexibility index (Phi) is 5.90. The van der Waals surface area contributed by atoms with Gasteiger partial charge in [0.25, 0.3) is 5.89 Å². The molecule has 2 aromatic rings. The minimum Gasteiger partial charge on any atom is -0.435 e. The lowest BCUT2D eigenvalue weighted by atomic mass is 9.99. The van der Waals surface area contributed by atoms with Crippen LogP contribution >= 0.6 is 12.4 Å². The molecular formula is C16H18ClF2N3O2. The van der Waals surface area contributed by atoms with Crippen molar-refractivity contribution in [3.05, 3.63) is 41.5 Å². The van der Waals surface area contributed by atoms with Crippen molar-refractivity contribution in [1.82, 2.24) is 10.1 Å². The third kappa shape index (κ3) is 4.30. The van der Waals surface area contributed by atoms with Gasteiger partial charge >= 0.3 is 6.61 Å². The third-order valence-corrected chi connectivity index (χ3v) is 3.91. The van der Waals surface area contributed by atoms with Gasteiger partial charge in [0.05, 0.1) is 5.54 Å². The molecule has 5 nitrogen and oxygen atoms in total. The van der Waals surface area contributed by atoms with Crippen molar-refractivity contribution in [2.45, 2.75) is 37.8 Å². The summed E-state index contributed by atoms with van der Waals surface area (Å²) in [5.41, 5.74) is 6.59. The Morgan fingerprint density at radius 2 is 1.83 bits per heavy atom. The second-order valence-electron chi connectivity index (χ2n) is 5.60. The Labute approximate surface area is 144 Å². The summed E-state index contributed by atoms with van der Waals surface area (Å²) in [5.74, 6) is 1.02. The van der Waals surface area contributed by atoms with Crippen molar-refractivity contribution in [3.63, 3.8) is 0 Å². The minimum absolute atomic E-state index is 0. The summed E-state index contributed by atoms with van der Waals surface area (Å²) in [6, 6.07) is 6.26. The summed E-state index contributed by atoms with van der Waals surface area (Å²) in [6.45, 7) is -2.83. The van der Waals surface area contributed by atoms with Crippen LogP contribution in [0.3, 0.4) is 0 Å². The van der Waals surface area contributed by atoms with Gasteiger partial charge in [-0.1, -0.05) is 30.1 Å². The number of alkyl halides is 2. The molecule has 24 heavy (non-hydrogen) atoms. The smallest absolute Gasteiger partial charge is 0.387 e. The molecule has 0 saturated heterocycles. The van der Waals surface area contributed by atoms with Crippen LogP contribution in [0.15, 0.2) is 28.8 Å². The van der Waals surface area contributed by atoms with Crippen LogP contribution in [0.4, 0.5) is 8.78 Å². The summed E-state index contributed by atoms with van der Waals surface area (Å²) < 4.78 is 33.6. The number of aromatic nitrogens is 2. The largest absolute Gasteiger partial charge is 0.435 e. The monoisotopic (exact) mass is 357 g/mol. The van der Waals surface area contributed by atoms with Crippen LogP contribution in [0.5, 0.6) is 5.75 Å². The van der Waals surface area contributed by atoms with Gasteiger partial charge in [0.1, 0.15) is 5.75 Å². The molecule has 1 saturated carbocycles. The van der Waals surface area contributed by atoms with Crippen molar-refractivity contribution in [1.29, 1.82) is 0 Å². The number of nitrogens with zero attached hydrogens (tertiary/aromatic N) is 2. The maximum atomic E-state index is 12.1. The predicted molar refractivity (Wildman–Crippen MR) is 87.9 cm³/mol. The fourth-order valence-electron chi connectivity index (χ4n) is 2.66. The SMILES string of the molecule is Cl.NC1(c2noc(/C=C/c3ccc(OC(F)F)cc3)n2)CCCC1. The number of benzene rings is 1. The summed E-state index contributed by atoms with van der Waals surface area (Å²) in [7, 11) is 0. The van der Waals surface area contributed by atoms with Gasteiger partial charge in [0, 0.05) is 6.08 Å². The highest BCUT2D eigenvalue weighted by atomic mass is 35.5. The van der Waals surface area contributed by atoms with Crippen molar-refractivity contribution in [2.24, 2.45) is 5.73 Å². The molecule has 0 spiro atoms. The topological polar surface area (TPSA) is 74.2 Å². The molecule has 1 fully saturated rings. The normalized spacial score (nSPS) is 16.5. The highest BCUT2D eigenvalue weighted by Crippen LogP contribution is 2.34. The fraction of sp³-hybridized carbons (Fsp3) is 0.375. The average molecular weight is 358 g/mol. The summed E-state index contributed by atoms with van der Waals surface area (Å²) >= 11 is 0. The molecule has 0 unspecified atom stereocenters. The standard InChI is InChI=1S/C16H17F2N3O2.ClH/c17-15(18)22-12-6-3-11(4-7-12)5-8-13-20-14(21-23-13)16(19)9-1-2-10-16;/h3-8,15H,1-2,9-10,19H2;1H/b8-5+;. The lowest BCUT2D eigenvalue weighted by Crippen LogP contribution is -2.34. The Bertz CT molecular complexity index is 683. The number of halogens is 3. The minimum atomic E-state index is -2.83. The lowest BCUT2D eigenvalue weighted by Gasteiger charge is -2.17. The Morgan fingerprint density at radius 1 is 1.17 bits per heavy atom. The van der Waals surface area contributed by atoms with Crippen LogP contribution in [0, 0.1) is 0 Å². The molecule has 1 heterocycles. The molecular weight excluding hydrogens is 340 g/mol. The number of ether oxygens (including phenoxy) is 1. The van der Waals surface area contributed by atoms with E-state index in [4.69, 9.17) is 10.3 Å². The fourth-order valence-corrected chi connectivity index (χ4v) is 2.66. The predicted octanol–water partition coefficient (Wildman–Crippen LogP) is 3.99. The van der Waals surface area contributed by atoms with Gasteiger partial charge in [0.15, 0.2) is 5.82 Å². The lowest BCUT2D eigenvalue weighted by molar-refractivity contribution is -0.0498. The van der Waals surface area contributed by atoms with Gasteiger partial charge in [-0.2, -0.15) is 13.8 Å². The molecule has 0 bridgehead atoms. The Morgan fingerprint density at radius 3 is 2.46 bits per heavy atom. The van der Waals surface area contributed by atoms with Crippen LogP contribution in [0.1, 0.15) is 43.0 Å². The van der Waals surface area contributed by atoms with E-state index in [1.807, 2.05) is 0 Å². The van der Waals surface area contributed by atoms with E-state index in [1.54, 1.807) is 24.3 Å². The van der Waals surface area contributed by atoms with Crippen LogP contribution in [0.25, 0.3) is 12.2 Å². The summed E-state index contributed by atoms with van der Waals surface area (Å²) in [5, 5.41) is 3.96. The van der Waals surface area contributed by atoms with Gasteiger partial charge in [0.2, 0.25) is 0 Å². The summed E-state index contributed by atoms with van der Waals surface area (Å²) in [6.07, 6.45) is 7.29. The number of rotatable bonds is 5. The van der Waals surface area contributed by atoms with Gasteiger partial charge < -0.3 is 15.0 Å². The number of nitrogens with two attached hydrogens (primary N) is 1. The molecule has 2 N–H and O–H groups in total. The van der Waals surface area contributed by atoms with E-state index in [0.717, 1.165) is 31.2 Å². The van der Waals surface area contributed by atoms with Crippen LogP contribution < -0.4 is 10.5 Å². The quantitative estimate of drug-likeness (QED) is 0.875. The molecule has 0 radical (unpaired) electrons. The third-order valence-electron chi connectivity index (χ3n) is 3.91. The summed E-state index contributed by atoms with van der Waals surface area (Å²) in [4.78, 5) is 4.32. The molecule has 1 aromatic carbocycles. The van der Waals surface area contributed by atoms with E-state index >= 15 is 0 Å². The van der Waals surface area contributed by atoms with Crippen molar-refractivity contribution >= 4 is 24.6 Å². The van der Waals surface area contributed by atoms with Crippen LogP contribution in [-0.2, 0) is 5.54 Å². The van der Waals surface area contributed by atoms with Crippen molar-refractivity contribution < 1.29 is 18.0 Å². The van der Waals surface area contributed by atoms with E-state index in [0.29, 0.717) is 11.7 Å². The Balaban J connectivity index is 0.00000208. The van der Waals surface area contributed by atoms with Gasteiger partial charge in [-0.15, -0.1) is 12.4 Å². The van der Waals surface area contributed by atoms with Crippen LogP contribution in [-0.4, -0.2) is 16.8 Å². The maximum absolute atomic E-state index is 12.1. The zero-order valence-corrected chi connectivity index (χ0v) is 13.6. The molecule has 0 amide bonds. The van der Waals surface area contributed by atoms with E-state index in [-0.39, 0.29) is 18.2 Å². The van der Waals surface area contributed by atoms with E-state index in [2.05, 4.69) is 14.9 Å². The number of hydrogen-bond donors (Lipinski definition) is 1.